The molecule has 0 aromatic carbocycles. The SMILES string of the molecule is Cc1cc(=O)[nH]c(-n2nc(C)c(CC(=O)N3CCNCC3)c2C)n1. The van der Waals surface area contributed by atoms with Crippen molar-refractivity contribution in [3.05, 3.63) is 39.1 Å². The Morgan fingerprint density at radius 3 is 2.62 bits per heavy atom. The minimum atomic E-state index is -0.219. The number of piperazine rings is 1. The topological polar surface area (TPSA) is 95.9 Å². The summed E-state index contributed by atoms with van der Waals surface area (Å²) >= 11 is 0. The summed E-state index contributed by atoms with van der Waals surface area (Å²) in [5.74, 6) is 0.481. The Balaban J connectivity index is 1.89. The van der Waals surface area contributed by atoms with Crippen molar-refractivity contribution < 1.29 is 4.79 Å². The monoisotopic (exact) mass is 330 g/mol. The highest BCUT2D eigenvalue weighted by Crippen LogP contribution is 2.17. The molecule has 24 heavy (non-hydrogen) atoms. The first-order valence-electron chi connectivity index (χ1n) is 8.07. The summed E-state index contributed by atoms with van der Waals surface area (Å²) in [7, 11) is 0. The lowest BCUT2D eigenvalue weighted by atomic mass is 10.1. The van der Waals surface area contributed by atoms with Gasteiger partial charge in [0.25, 0.3) is 5.56 Å². The van der Waals surface area contributed by atoms with Gasteiger partial charge in [0.2, 0.25) is 11.9 Å². The molecule has 3 rings (SSSR count). The van der Waals surface area contributed by atoms with Crippen molar-refractivity contribution in [1.29, 1.82) is 0 Å². The van der Waals surface area contributed by atoms with Gasteiger partial charge >= 0.3 is 0 Å². The third-order valence-corrected chi connectivity index (χ3v) is 4.30. The Kier molecular flexibility index (Phi) is 4.48. The van der Waals surface area contributed by atoms with Gasteiger partial charge in [-0.05, 0) is 20.8 Å². The standard InChI is InChI=1S/C16H22N6O2/c1-10-8-14(23)19-16(18-10)22-12(3)13(11(2)20-22)9-15(24)21-6-4-17-5-7-21/h8,17H,4-7,9H2,1-3H3,(H,18,19,23). The molecule has 8 heteroatoms. The van der Waals surface area contributed by atoms with Crippen molar-refractivity contribution in [2.45, 2.75) is 27.2 Å². The van der Waals surface area contributed by atoms with Crippen LogP contribution >= 0.6 is 0 Å². The molecule has 1 saturated heterocycles. The number of carbonyl (C=O) groups excluding carboxylic acids is 1. The molecule has 0 spiro atoms. The van der Waals surface area contributed by atoms with E-state index >= 15 is 0 Å². The molecule has 2 aromatic heterocycles. The molecule has 1 fully saturated rings. The van der Waals surface area contributed by atoms with Crippen molar-refractivity contribution in [2.24, 2.45) is 0 Å². The number of amides is 1. The van der Waals surface area contributed by atoms with Crippen molar-refractivity contribution in [3.63, 3.8) is 0 Å². The smallest absolute Gasteiger partial charge is 0.252 e. The molecule has 0 unspecified atom stereocenters. The molecular formula is C16H22N6O2. The van der Waals surface area contributed by atoms with Crippen molar-refractivity contribution in [3.8, 4) is 5.95 Å². The number of aryl methyl sites for hydroxylation is 2. The second-order valence-electron chi connectivity index (χ2n) is 6.08. The average molecular weight is 330 g/mol. The molecule has 2 aromatic rings. The van der Waals surface area contributed by atoms with E-state index in [0.717, 1.165) is 43.1 Å². The summed E-state index contributed by atoms with van der Waals surface area (Å²) in [6.07, 6.45) is 0.313. The van der Waals surface area contributed by atoms with Gasteiger partial charge in [0, 0.05) is 49.2 Å². The van der Waals surface area contributed by atoms with Gasteiger partial charge in [0.15, 0.2) is 0 Å². The van der Waals surface area contributed by atoms with Gasteiger partial charge in [0.1, 0.15) is 0 Å². The van der Waals surface area contributed by atoms with Gasteiger partial charge in [0.05, 0.1) is 12.1 Å². The van der Waals surface area contributed by atoms with Crippen LogP contribution in [0.3, 0.4) is 0 Å². The number of hydrogen-bond donors (Lipinski definition) is 2. The second kappa shape index (κ2) is 6.56. The maximum Gasteiger partial charge on any atom is 0.252 e. The molecule has 2 N–H and O–H groups in total. The quantitative estimate of drug-likeness (QED) is 0.816. The summed E-state index contributed by atoms with van der Waals surface area (Å²) in [6, 6.07) is 1.43. The Labute approximate surface area is 139 Å². The van der Waals surface area contributed by atoms with Crippen molar-refractivity contribution in [2.75, 3.05) is 26.2 Å². The molecule has 1 aliphatic heterocycles. The number of carbonyl (C=O) groups is 1. The Morgan fingerprint density at radius 1 is 1.25 bits per heavy atom. The van der Waals surface area contributed by atoms with Crippen molar-refractivity contribution in [1.82, 2.24) is 30.0 Å². The van der Waals surface area contributed by atoms with Crippen molar-refractivity contribution >= 4 is 5.91 Å². The highest BCUT2D eigenvalue weighted by molar-refractivity contribution is 5.79. The fraction of sp³-hybridized carbons (Fsp3) is 0.500. The van der Waals surface area contributed by atoms with E-state index in [0.29, 0.717) is 18.1 Å². The average Bonchev–Trinajstić information content (AvgIpc) is 2.83. The maximum atomic E-state index is 12.5. The van der Waals surface area contributed by atoms with Crippen LogP contribution in [0.1, 0.15) is 22.6 Å². The van der Waals surface area contributed by atoms with E-state index in [-0.39, 0.29) is 11.5 Å². The lowest BCUT2D eigenvalue weighted by Crippen LogP contribution is -2.47. The maximum absolute atomic E-state index is 12.5. The lowest BCUT2D eigenvalue weighted by Gasteiger charge is -2.27. The van der Waals surface area contributed by atoms with Crippen LogP contribution < -0.4 is 10.9 Å². The Hall–Kier alpha value is -2.48. The zero-order valence-electron chi connectivity index (χ0n) is 14.2. The number of hydrogen-bond acceptors (Lipinski definition) is 5. The summed E-state index contributed by atoms with van der Waals surface area (Å²) in [6.45, 7) is 8.66. The first-order valence-corrected chi connectivity index (χ1v) is 8.07. The second-order valence-corrected chi connectivity index (χ2v) is 6.08. The van der Waals surface area contributed by atoms with Gasteiger partial charge < -0.3 is 10.2 Å². The number of rotatable bonds is 3. The minimum Gasteiger partial charge on any atom is -0.340 e. The van der Waals surface area contributed by atoms with E-state index in [9.17, 15) is 9.59 Å². The van der Waals surface area contributed by atoms with Gasteiger partial charge in [-0.1, -0.05) is 0 Å². The number of aromatic nitrogens is 4. The molecule has 1 amide bonds. The lowest BCUT2D eigenvalue weighted by molar-refractivity contribution is -0.131. The summed E-state index contributed by atoms with van der Waals surface area (Å²) in [5, 5.41) is 7.70. The van der Waals surface area contributed by atoms with E-state index in [2.05, 4.69) is 20.4 Å². The van der Waals surface area contributed by atoms with Gasteiger partial charge in [-0.25, -0.2) is 9.67 Å². The number of aromatic amines is 1. The molecule has 0 saturated carbocycles. The normalized spacial score (nSPS) is 14.9. The summed E-state index contributed by atoms with van der Waals surface area (Å²) in [4.78, 5) is 33.1. The fourth-order valence-corrected chi connectivity index (χ4v) is 2.98. The van der Waals surface area contributed by atoms with Gasteiger partial charge in [-0.2, -0.15) is 5.10 Å². The third kappa shape index (κ3) is 3.23. The highest BCUT2D eigenvalue weighted by Gasteiger charge is 2.21. The van der Waals surface area contributed by atoms with Crippen LogP contribution in [0.5, 0.6) is 0 Å². The summed E-state index contributed by atoms with van der Waals surface area (Å²) < 4.78 is 1.60. The molecule has 8 nitrogen and oxygen atoms in total. The molecule has 0 bridgehead atoms. The van der Waals surface area contributed by atoms with E-state index in [4.69, 9.17) is 0 Å². The molecule has 0 radical (unpaired) electrons. The van der Waals surface area contributed by atoms with Crippen LogP contribution in [0.25, 0.3) is 5.95 Å². The number of nitrogens with one attached hydrogen (secondary N) is 2. The van der Waals surface area contributed by atoms with Crippen LogP contribution in [0, 0.1) is 20.8 Å². The van der Waals surface area contributed by atoms with Crippen LogP contribution in [-0.2, 0) is 11.2 Å². The first kappa shape index (κ1) is 16.4. The van der Waals surface area contributed by atoms with Crippen LogP contribution in [0.15, 0.2) is 10.9 Å². The minimum absolute atomic E-state index is 0.105. The van der Waals surface area contributed by atoms with E-state index in [1.165, 1.54) is 6.07 Å². The molecule has 0 atom stereocenters. The fourth-order valence-electron chi connectivity index (χ4n) is 2.98. The van der Waals surface area contributed by atoms with E-state index in [1.807, 2.05) is 18.7 Å². The highest BCUT2D eigenvalue weighted by atomic mass is 16.2. The Morgan fingerprint density at radius 2 is 1.96 bits per heavy atom. The number of nitrogens with zero attached hydrogens (tertiary/aromatic N) is 4. The zero-order chi connectivity index (χ0) is 17.3. The Bertz CT molecular complexity index is 816. The van der Waals surface area contributed by atoms with Gasteiger partial charge in [-0.15, -0.1) is 0 Å². The van der Waals surface area contributed by atoms with Crippen LogP contribution in [-0.4, -0.2) is 56.7 Å². The molecule has 1 aliphatic rings. The van der Waals surface area contributed by atoms with Crippen LogP contribution in [0.2, 0.25) is 0 Å². The molecule has 3 heterocycles. The van der Waals surface area contributed by atoms with E-state index in [1.54, 1.807) is 11.6 Å². The van der Waals surface area contributed by atoms with Crippen LogP contribution in [0.4, 0.5) is 0 Å². The van der Waals surface area contributed by atoms with E-state index < -0.39 is 0 Å². The zero-order valence-corrected chi connectivity index (χ0v) is 14.2. The number of H-pyrrole nitrogens is 1. The molecule has 0 aliphatic carbocycles. The third-order valence-electron chi connectivity index (χ3n) is 4.30. The van der Waals surface area contributed by atoms with Gasteiger partial charge in [-0.3, -0.25) is 14.6 Å². The predicted octanol–water partition coefficient (Wildman–Crippen LogP) is -0.145. The predicted molar refractivity (Wildman–Crippen MR) is 89.3 cm³/mol. The molecular weight excluding hydrogens is 308 g/mol. The largest absolute Gasteiger partial charge is 0.340 e. The first-order chi connectivity index (χ1) is 11.5. The summed E-state index contributed by atoms with van der Waals surface area (Å²) in [5.41, 5.74) is 2.90. The molecule has 128 valence electrons.